The highest BCUT2D eigenvalue weighted by Gasteiger charge is 2.15. The van der Waals surface area contributed by atoms with Gasteiger partial charge in [-0.2, -0.15) is 0 Å². The van der Waals surface area contributed by atoms with E-state index in [2.05, 4.69) is 37.3 Å². The summed E-state index contributed by atoms with van der Waals surface area (Å²) >= 11 is 0. The van der Waals surface area contributed by atoms with Crippen molar-refractivity contribution >= 4 is 0 Å². The molecule has 12 heavy (non-hydrogen) atoms. The lowest BCUT2D eigenvalue weighted by Gasteiger charge is -2.21. The Morgan fingerprint density at radius 1 is 1.42 bits per heavy atom. The van der Waals surface area contributed by atoms with E-state index in [-0.39, 0.29) is 0 Å². The quantitative estimate of drug-likeness (QED) is 0.576. The van der Waals surface area contributed by atoms with Crippen LogP contribution in [0.4, 0.5) is 0 Å². The molecule has 1 heteroatoms. The average molecular weight is 159 g/mol. The Kier molecular flexibility index (Phi) is 1.65. The molecule has 0 bridgehead atoms. The van der Waals surface area contributed by atoms with Crippen LogP contribution in [0.2, 0.25) is 0 Å². The highest BCUT2D eigenvalue weighted by Crippen LogP contribution is 2.29. The van der Waals surface area contributed by atoms with Gasteiger partial charge in [-0.15, -0.1) is 0 Å². The fourth-order valence-corrected chi connectivity index (χ4v) is 1.69. The third kappa shape index (κ3) is 1.22. The summed E-state index contributed by atoms with van der Waals surface area (Å²) < 4.78 is 0. The Balaban J connectivity index is 2.33. The predicted octanol–water partition coefficient (Wildman–Crippen LogP) is 2.29. The topological polar surface area (TPSA) is 26.0 Å². The van der Waals surface area contributed by atoms with Crippen LogP contribution in [0.25, 0.3) is 0 Å². The van der Waals surface area contributed by atoms with Crippen LogP contribution < -0.4 is 5.73 Å². The largest absolute Gasteiger partial charge is 0.399 e. The highest BCUT2D eigenvalue weighted by molar-refractivity contribution is 5.43. The molecule has 0 amide bonds. The zero-order chi connectivity index (χ0) is 8.55. The molecule has 1 nitrogen and oxygen atoms in total. The molecule has 2 aliphatic carbocycles. The Hall–Kier alpha value is -1.24. The molecule has 0 fully saturated rings. The summed E-state index contributed by atoms with van der Waals surface area (Å²) in [5.41, 5.74) is 9.31. The summed E-state index contributed by atoms with van der Waals surface area (Å²) in [4.78, 5) is 0. The van der Waals surface area contributed by atoms with Crippen molar-refractivity contribution in [2.45, 2.75) is 13.3 Å². The lowest BCUT2D eigenvalue weighted by atomic mass is 9.85. The van der Waals surface area contributed by atoms with Crippen molar-refractivity contribution in [1.82, 2.24) is 0 Å². The van der Waals surface area contributed by atoms with E-state index in [1.54, 1.807) is 0 Å². The summed E-state index contributed by atoms with van der Waals surface area (Å²) in [7, 11) is 0. The Morgan fingerprint density at radius 3 is 3.08 bits per heavy atom. The van der Waals surface area contributed by atoms with Crippen molar-refractivity contribution in [3.8, 4) is 0 Å². The number of hydrogen-bond donors (Lipinski definition) is 1. The summed E-state index contributed by atoms with van der Waals surface area (Å²) in [6, 6.07) is 0. The van der Waals surface area contributed by atoms with E-state index in [0.29, 0.717) is 5.92 Å². The molecule has 0 aromatic rings. The monoisotopic (exact) mass is 159 g/mol. The highest BCUT2D eigenvalue weighted by atomic mass is 14.6. The van der Waals surface area contributed by atoms with E-state index in [9.17, 15) is 0 Å². The maximum Gasteiger partial charge on any atom is 0.0276 e. The zero-order valence-corrected chi connectivity index (χ0v) is 7.25. The van der Waals surface area contributed by atoms with Gasteiger partial charge in [-0.1, -0.05) is 29.9 Å². The Labute approximate surface area is 73.0 Å². The molecular formula is C11H13N. The second kappa shape index (κ2) is 2.67. The minimum absolute atomic E-state index is 0.572. The molecule has 0 saturated carbocycles. The van der Waals surface area contributed by atoms with E-state index in [4.69, 9.17) is 5.73 Å². The second-order valence-electron chi connectivity index (χ2n) is 3.43. The fraction of sp³-hybridized carbons (Fsp3) is 0.273. The molecule has 2 aliphatic rings. The third-order valence-corrected chi connectivity index (χ3v) is 2.37. The van der Waals surface area contributed by atoms with Crippen LogP contribution in [0.1, 0.15) is 13.3 Å². The summed E-state index contributed by atoms with van der Waals surface area (Å²) in [5, 5.41) is 0. The van der Waals surface area contributed by atoms with Crippen LogP contribution >= 0.6 is 0 Å². The van der Waals surface area contributed by atoms with Crippen molar-refractivity contribution in [1.29, 1.82) is 0 Å². The Morgan fingerprint density at radius 2 is 2.25 bits per heavy atom. The van der Waals surface area contributed by atoms with Gasteiger partial charge >= 0.3 is 0 Å². The second-order valence-corrected chi connectivity index (χ2v) is 3.43. The number of fused-ring (bicyclic) bond motifs is 1. The van der Waals surface area contributed by atoms with E-state index in [1.807, 2.05) is 0 Å². The van der Waals surface area contributed by atoms with Gasteiger partial charge in [0.25, 0.3) is 0 Å². The van der Waals surface area contributed by atoms with Crippen molar-refractivity contribution in [2.75, 3.05) is 0 Å². The molecule has 0 saturated heterocycles. The van der Waals surface area contributed by atoms with Gasteiger partial charge in [-0.3, -0.25) is 0 Å². The van der Waals surface area contributed by atoms with Crippen molar-refractivity contribution < 1.29 is 0 Å². The minimum Gasteiger partial charge on any atom is -0.399 e. The molecule has 0 aliphatic heterocycles. The Bertz CT molecular complexity index is 316. The molecule has 2 rings (SSSR count). The van der Waals surface area contributed by atoms with Crippen LogP contribution in [0.3, 0.4) is 0 Å². The van der Waals surface area contributed by atoms with Gasteiger partial charge in [0.1, 0.15) is 0 Å². The lowest BCUT2D eigenvalue weighted by molar-refractivity contribution is 0.764. The SMILES string of the molecule is CC1=CC2CC=C(N)C=C2C=C1. The van der Waals surface area contributed by atoms with E-state index in [1.165, 1.54) is 11.1 Å². The van der Waals surface area contributed by atoms with Crippen molar-refractivity contribution in [3.05, 3.63) is 47.2 Å². The molecule has 0 heterocycles. The molecule has 0 aromatic heterocycles. The zero-order valence-electron chi connectivity index (χ0n) is 7.25. The molecule has 0 spiro atoms. The normalized spacial score (nSPS) is 27.1. The van der Waals surface area contributed by atoms with Crippen LogP contribution in [-0.4, -0.2) is 0 Å². The summed E-state index contributed by atoms with van der Waals surface area (Å²) in [6.07, 6.45) is 11.8. The van der Waals surface area contributed by atoms with Gasteiger partial charge in [-0.05, 0) is 25.0 Å². The van der Waals surface area contributed by atoms with Gasteiger partial charge < -0.3 is 5.73 Å². The first-order valence-electron chi connectivity index (χ1n) is 4.29. The molecule has 1 atom stereocenters. The number of nitrogens with two attached hydrogens (primary N) is 1. The predicted molar refractivity (Wildman–Crippen MR) is 51.4 cm³/mol. The first-order valence-corrected chi connectivity index (χ1v) is 4.29. The van der Waals surface area contributed by atoms with E-state index in [0.717, 1.165) is 12.1 Å². The standard InChI is InChI=1S/C11H13N/c1-8-2-3-10-7-11(12)5-4-9(10)6-8/h2-3,5-7,9H,4,12H2,1H3. The number of rotatable bonds is 0. The fourth-order valence-electron chi connectivity index (χ4n) is 1.69. The lowest BCUT2D eigenvalue weighted by Crippen LogP contribution is -2.10. The van der Waals surface area contributed by atoms with E-state index < -0.39 is 0 Å². The molecule has 0 radical (unpaired) electrons. The molecule has 1 unspecified atom stereocenters. The van der Waals surface area contributed by atoms with Gasteiger partial charge in [0, 0.05) is 11.6 Å². The summed E-state index contributed by atoms with van der Waals surface area (Å²) in [6.45, 7) is 2.13. The van der Waals surface area contributed by atoms with Gasteiger partial charge in [0.2, 0.25) is 0 Å². The van der Waals surface area contributed by atoms with Crippen LogP contribution in [0.15, 0.2) is 47.2 Å². The van der Waals surface area contributed by atoms with Gasteiger partial charge in [-0.25, -0.2) is 0 Å². The number of allylic oxidation sites excluding steroid dienone is 7. The molecular weight excluding hydrogens is 146 g/mol. The van der Waals surface area contributed by atoms with Crippen LogP contribution in [0.5, 0.6) is 0 Å². The minimum atomic E-state index is 0.572. The van der Waals surface area contributed by atoms with Crippen molar-refractivity contribution in [2.24, 2.45) is 11.7 Å². The van der Waals surface area contributed by atoms with Crippen LogP contribution in [-0.2, 0) is 0 Å². The molecule has 2 N–H and O–H groups in total. The maximum absolute atomic E-state index is 5.71. The first-order chi connectivity index (χ1) is 5.75. The third-order valence-electron chi connectivity index (χ3n) is 2.37. The van der Waals surface area contributed by atoms with E-state index >= 15 is 0 Å². The van der Waals surface area contributed by atoms with Gasteiger partial charge in [0.05, 0.1) is 0 Å². The van der Waals surface area contributed by atoms with Gasteiger partial charge in [0.15, 0.2) is 0 Å². The smallest absolute Gasteiger partial charge is 0.0276 e. The number of hydrogen-bond acceptors (Lipinski definition) is 1. The average Bonchev–Trinajstić information content (AvgIpc) is 2.05. The first kappa shape index (κ1) is 7.41. The molecule has 62 valence electrons. The van der Waals surface area contributed by atoms with Crippen molar-refractivity contribution in [3.63, 3.8) is 0 Å². The van der Waals surface area contributed by atoms with Crippen LogP contribution in [0, 0.1) is 5.92 Å². The molecule has 0 aromatic carbocycles. The summed E-state index contributed by atoms with van der Waals surface area (Å²) in [5.74, 6) is 0.572. The maximum atomic E-state index is 5.71.